The van der Waals surface area contributed by atoms with E-state index in [1.54, 1.807) is 0 Å². The molecule has 0 aromatic rings. The highest BCUT2D eigenvalue weighted by atomic mass is 15.0. The minimum Gasteiger partial charge on any atom is -0.311 e. The Bertz CT molecular complexity index is 97.4. The Morgan fingerprint density at radius 3 is 2.50 bits per heavy atom. The monoisotopic (exact) mass is 111 g/mol. The third-order valence-corrected chi connectivity index (χ3v) is 2.58. The van der Waals surface area contributed by atoms with E-state index in [1.165, 1.54) is 25.8 Å². The van der Waals surface area contributed by atoms with Gasteiger partial charge in [-0.2, -0.15) is 0 Å². The zero-order valence-corrected chi connectivity index (χ0v) is 5.41. The first-order chi connectivity index (χ1) is 3.79. The van der Waals surface area contributed by atoms with Crippen LogP contribution in [-0.2, 0) is 0 Å². The number of fused-ring (bicyclic) bond motifs is 2. The molecule has 0 spiro atoms. The lowest BCUT2D eigenvalue weighted by Gasteiger charge is -2.51. The maximum absolute atomic E-state index is 3.52. The zero-order chi connectivity index (χ0) is 5.61. The topological polar surface area (TPSA) is 12.0 Å². The SMILES string of the molecule is CC12CC(CCN1)C2. The molecule has 2 saturated heterocycles. The van der Waals surface area contributed by atoms with Gasteiger partial charge in [0, 0.05) is 5.54 Å². The van der Waals surface area contributed by atoms with Crippen LogP contribution in [0.15, 0.2) is 0 Å². The van der Waals surface area contributed by atoms with Crippen LogP contribution in [0.2, 0.25) is 0 Å². The summed E-state index contributed by atoms with van der Waals surface area (Å²) in [6.45, 7) is 3.60. The van der Waals surface area contributed by atoms with Crippen molar-refractivity contribution in [3.63, 3.8) is 0 Å². The van der Waals surface area contributed by atoms with Crippen LogP contribution in [0.4, 0.5) is 0 Å². The fraction of sp³-hybridized carbons (Fsp3) is 1.00. The Morgan fingerprint density at radius 2 is 2.25 bits per heavy atom. The van der Waals surface area contributed by atoms with Gasteiger partial charge in [-0.05, 0) is 38.6 Å². The highest BCUT2D eigenvalue weighted by molar-refractivity contribution is 5.01. The summed E-state index contributed by atoms with van der Waals surface area (Å²) in [4.78, 5) is 0. The van der Waals surface area contributed by atoms with Crippen molar-refractivity contribution in [3.8, 4) is 0 Å². The predicted molar refractivity (Wildman–Crippen MR) is 33.7 cm³/mol. The second-order valence-electron chi connectivity index (χ2n) is 3.55. The Morgan fingerprint density at radius 1 is 1.50 bits per heavy atom. The number of rotatable bonds is 0. The van der Waals surface area contributed by atoms with Crippen molar-refractivity contribution in [2.45, 2.75) is 31.7 Å². The molecular weight excluding hydrogens is 98.1 g/mol. The minimum atomic E-state index is 0.572. The van der Waals surface area contributed by atoms with E-state index < -0.39 is 0 Å². The number of hydrogen-bond donors (Lipinski definition) is 1. The van der Waals surface area contributed by atoms with E-state index >= 15 is 0 Å². The lowest BCUT2D eigenvalue weighted by Crippen LogP contribution is -2.58. The van der Waals surface area contributed by atoms with E-state index in [0.29, 0.717) is 5.54 Å². The van der Waals surface area contributed by atoms with Gasteiger partial charge in [0.05, 0.1) is 0 Å². The molecule has 2 bridgehead atoms. The maximum atomic E-state index is 3.52. The zero-order valence-electron chi connectivity index (χ0n) is 5.41. The second-order valence-corrected chi connectivity index (χ2v) is 3.55. The van der Waals surface area contributed by atoms with Crippen LogP contribution < -0.4 is 5.32 Å². The van der Waals surface area contributed by atoms with E-state index in [1.807, 2.05) is 0 Å². The average molecular weight is 111 g/mol. The summed E-state index contributed by atoms with van der Waals surface area (Å²) in [7, 11) is 0. The summed E-state index contributed by atoms with van der Waals surface area (Å²) in [5, 5.41) is 3.52. The Kier molecular flexibility index (Phi) is 0.762. The fourth-order valence-corrected chi connectivity index (χ4v) is 2.14. The van der Waals surface area contributed by atoms with Gasteiger partial charge in [-0.25, -0.2) is 0 Å². The van der Waals surface area contributed by atoms with Gasteiger partial charge in [-0.1, -0.05) is 0 Å². The molecule has 2 aliphatic heterocycles. The predicted octanol–water partition coefficient (Wildman–Crippen LogP) is 1.15. The van der Waals surface area contributed by atoms with Crippen molar-refractivity contribution in [2.24, 2.45) is 5.92 Å². The lowest BCUT2D eigenvalue weighted by molar-refractivity contribution is 0.0693. The molecule has 0 aromatic carbocycles. The highest BCUT2D eigenvalue weighted by Crippen LogP contribution is 2.42. The van der Waals surface area contributed by atoms with Gasteiger partial charge in [-0.3, -0.25) is 0 Å². The molecule has 1 nitrogen and oxygen atoms in total. The summed E-state index contributed by atoms with van der Waals surface area (Å²) in [6, 6.07) is 0. The molecule has 1 aliphatic carbocycles. The van der Waals surface area contributed by atoms with Crippen molar-refractivity contribution < 1.29 is 0 Å². The normalized spacial score (nSPS) is 52.9. The van der Waals surface area contributed by atoms with Gasteiger partial charge in [0.25, 0.3) is 0 Å². The molecule has 2 heterocycles. The van der Waals surface area contributed by atoms with Crippen molar-refractivity contribution in [3.05, 3.63) is 0 Å². The van der Waals surface area contributed by atoms with E-state index in [4.69, 9.17) is 0 Å². The smallest absolute Gasteiger partial charge is 0.0158 e. The molecule has 3 rings (SSSR count). The summed E-state index contributed by atoms with van der Waals surface area (Å²) < 4.78 is 0. The highest BCUT2D eigenvalue weighted by Gasteiger charge is 2.42. The molecule has 0 atom stereocenters. The molecule has 46 valence electrons. The van der Waals surface area contributed by atoms with Crippen LogP contribution in [0.25, 0.3) is 0 Å². The van der Waals surface area contributed by atoms with Crippen molar-refractivity contribution in [2.75, 3.05) is 6.54 Å². The standard InChI is InChI=1S/C7H13N/c1-7-4-6(5-7)2-3-8-7/h6,8H,2-5H2,1H3. The van der Waals surface area contributed by atoms with Gasteiger partial charge in [-0.15, -0.1) is 0 Å². The first-order valence-electron chi connectivity index (χ1n) is 3.54. The lowest BCUT2D eigenvalue weighted by atomic mass is 9.65. The van der Waals surface area contributed by atoms with Crippen molar-refractivity contribution >= 4 is 0 Å². The molecule has 3 aliphatic rings. The quantitative estimate of drug-likeness (QED) is 0.494. The Labute approximate surface area is 50.5 Å². The van der Waals surface area contributed by atoms with Crippen LogP contribution in [0.3, 0.4) is 0 Å². The minimum absolute atomic E-state index is 0.572. The third-order valence-electron chi connectivity index (χ3n) is 2.58. The van der Waals surface area contributed by atoms with Gasteiger partial charge < -0.3 is 5.32 Å². The molecule has 0 aromatic heterocycles. The number of piperidine rings is 2. The van der Waals surface area contributed by atoms with Crippen LogP contribution in [0, 0.1) is 5.92 Å². The van der Waals surface area contributed by atoms with E-state index in [-0.39, 0.29) is 0 Å². The average Bonchev–Trinajstić information content (AvgIpc) is 1.63. The second kappa shape index (κ2) is 1.27. The van der Waals surface area contributed by atoms with Crippen molar-refractivity contribution in [1.82, 2.24) is 5.32 Å². The summed E-state index contributed by atoms with van der Waals surface area (Å²) in [5.41, 5.74) is 0.572. The summed E-state index contributed by atoms with van der Waals surface area (Å²) >= 11 is 0. The van der Waals surface area contributed by atoms with Gasteiger partial charge in [0.15, 0.2) is 0 Å². The molecule has 3 fully saturated rings. The molecule has 8 heavy (non-hydrogen) atoms. The van der Waals surface area contributed by atoms with Crippen LogP contribution in [0.1, 0.15) is 26.2 Å². The maximum Gasteiger partial charge on any atom is 0.0158 e. The molecule has 1 saturated carbocycles. The summed E-state index contributed by atoms with van der Waals surface area (Å²) in [5.74, 6) is 1.08. The van der Waals surface area contributed by atoms with E-state index in [0.717, 1.165) is 5.92 Å². The first-order valence-corrected chi connectivity index (χ1v) is 3.54. The number of hydrogen-bond acceptors (Lipinski definition) is 1. The molecular formula is C7H13N. The molecule has 0 amide bonds. The molecule has 0 radical (unpaired) electrons. The van der Waals surface area contributed by atoms with Gasteiger partial charge in [0.1, 0.15) is 0 Å². The van der Waals surface area contributed by atoms with Crippen LogP contribution >= 0.6 is 0 Å². The van der Waals surface area contributed by atoms with Gasteiger partial charge >= 0.3 is 0 Å². The fourth-order valence-electron chi connectivity index (χ4n) is 2.14. The van der Waals surface area contributed by atoms with Crippen LogP contribution in [-0.4, -0.2) is 12.1 Å². The molecule has 1 heteroatoms. The van der Waals surface area contributed by atoms with Crippen LogP contribution in [0.5, 0.6) is 0 Å². The largest absolute Gasteiger partial charge is 0.311 e. The Balaban J connectivity index is 2.06. The number of nitrogens with one attached hydrogen (secondary N) is 1. The van der Waals surface area contributed by atoms with Gasteiger partial charge in [0.2, 0.25) is 0 Å². The van der Waals surface area contributed by atoms with Crippen molar-refractivity contribution in [1.29, 1.82) is 0 Å². The van der Waals surface area contributed by atoms with E-state index in [9.17, 15) is 0 Å². The molecule has 1 N–H and O–H groups in total. The third kappa shape index (κ3) is 0.510. The molecule has 0 unspecified atom stereocenters. The Hall–Kier alpha value is -0.0400. The summed E-state index contributed by atoms with van der Waals surface area (Å²) in [6.07, 6.45) is 4.30. The van der Waals surface area contributed by atoms with E-state index in [2.05, 4.69) is 12.2 Å². The first kappa shape index (κ1) is 4.80.